The summed E-state index contributed by atoms with van der Waals surface area (Å²) in [7, 11) is 1.64. The van der Waals surface area contributed by atoms with E-state index >= 15 is 0 Å². The number of thiazole rings is 1. The lowest BCUT2D eigenvalue weighted by Crippen LogP contribution is -2.10. The number of carbonyl (C=O) groups is 1. The van der Waals surface area contributed by atoms with Crippen LogP contribution in [0.1, 0.15) is 20.9 Å². The van der Waals surface area contributed by atoms with E-state index in [1.54, 1.807) is 7.11 Å². The smallest absolute Gasteiger partial charge is 0.265 e. The first-order chi connectivity index (χ1) is 16.0. The first-order valence-electron chi connectivity index (χ1n) is 10.2. The molecule has 0 aliphatic heterocycles. The molecule has 4 aromatic heterocycles. The predicted molar refractivity (Wildman–Crippen MR) is 134 cm³/mol. The number of anilines is 3. The molecule has 166 valence electrons. The van der Waals surface area contributed by atoms with Crippen molar-refractivity contribution in [2.45, 2.75) is 13.8 Å². The number of hydrogen-bond donors (Lipinski definition) is 2. The summed E-state index contributed by atoms with van der Waals surface area (Å²) in [6, 6.07) is 15.3. The molecule has 9 heteroatoms. The van der Waals surface area contributed by atoms with Gasteiger partial charge in [0.1, 0.15) is 11.4 Å². The SMILES string of the molecule is COc1ccn2c(-c3cnc(Nc4ccc(C(=O)Nc5ccccc5C)s4)s3)c(C)nc2c1. The van der Waals surface area contributed by atoms with E-state index in [0.717, 1.165) is 49.0 Å². The van der Waals surface area contributed by atoms with Gasteiger partial charge in [-0.25, -0.2) is 9.97 Å². The highest BCUT2D eigenvalue weighted by Crippen LogP contribution is 2.35. The van der Waals surface area contributed by atoms with Crippen molar-refractivity contribution in [3.05, 3.63) is 77.1 Å². The van der Waals surface area contributed by atoms with E-state index in [9.17, 15) is 4.79 Å². The number of thiophene rings is 1. The number of carbonyl (C=O) groups excluding carboxylic acids is 1. The average molecular weight is 476 g/mol. The van der Waals surface area contributed by atoms with Gasteiger partial charge >= 0.3 is 0 Å². The second-order valence-corrected chi connectivity index (χ2v) is 9.54. The minimum absolute atomic E-state index is 0.126. The molecular weight excluding hydrogens is 454 g/mol. The van der Waals surface area contributed by atoms with Crippen LogP contribution in [0.2, 0.25) is 0 Å². The lowest BCUT2D eigenvalue weighted by Gasteiger charge is -2.06. The third-order valence-corrected chi connectivity index (χ3v) is 7.12. The summed E-state index contributed by atoms with van der Waals surface area (Å²) >= 11 is 2.93. The third-order valence-electron chi connectivity index (χ3n) is 5.20. The van der Waals surface area contributed by atoms with Crippen molar-refractivity contribution in [2.24, 2.45) is 0 Å². The van der Waals surface area contributed by atoms with Gasteiger partial charge in [0, 0.05) is 24.1 Å². The van der Waals surface area contributed by atoms with Crippen LogP contribution in [0.5, 0.6) is 5.75 Å². The molecule has 4 heterocycles. The first kappa shape index (κ1) is 21.2. The maximum atomic E-state index is 12.6. The van der Waals surface area contributed by atoms with Crippen molar-refractivity contribution in [1.29, 1.82) is 0 Å². The number of amides is 1. The molecule has 0 saturated heterocycles. The van der Waals surface area contributed by atoms with E-state index in [0.29, 0.717) is 4.88 Å². The molecule has 0 atom stereocenters. The first-order valence-corrected chi connectivity index (χ1v) is 11.9. The van der Waals surface area contributed by atoms with Gasteiger partial charge in [-0.15, -0.1) is 11.3 Å². The molecule has 33 heavy (non-hydrogen) atoms. The van der Waals surface area contributed by atoms with E-state index in [4.69, 9.17) is 4.74 Å². The Kier molecular flexibility index (Phi) is 5.57. The maximum Gasteiger partial charge on any atom is 0.265 e. The number of aromatic nitrogens is 3. The Balaban J connectivity index is 1.34. The number of hydrogen-bond acceptors (Lipinski definition) is 7. The molecule has 0 bridgehead atoms. The minimum Gasteiger partial charge on any atom is -0.497 e. The van der Waals surface area contributed by atoms with Crippen LogP contribution in [0, 0.1) is 13.8 Å². The molecule has 0 saturated carbocycles. The number of pyridine rings is 1. The van der Waals surface area contributed by atoms with Crippen LogP contribution in [0.25, 0.3) is 16.2 Å². The number of benzene rings is 1. The number of rotatable bonds is 6. The zero-order valence-electron chi connectivity index (χ0n) is 18.2. The normalized spacial score (nSPS) is 11.0. The molecule has 1 amide bonds. The van der Waals surface area contributed by atoms with Crippen molar-refractivity contribution in [3.8, 4) is 16.3 Å². The van der Waals surface area contributed by atoms with Crippen molar-refractivity contribution in [1.82, 2.24) is 14.4 Å². The van der Waals surface area contributed by atoms with Crippen LogP contribution in [0.15, 0.2) is 60.9 Å². The molecule has 0 fully saturated rings. The van der Waals surface area contributed by atoms with Crippen molar-refractivity contribution in [3.63, 3.8) is 0 Å². The fraction of sp³-hybridized carbons (Fsp3) is 0.125. The van der Waals surface area contributed by atoms with Crippen molar-refractivity contribution in [2.75, 3.05) is 17.7 Å². The summed E-state index contributed by atoms with van der Waals surface area (Å²) < 4.78 is 7.34. The number of ether oxygens (including phenoxy) is 1. The van der Waals surface area contributed by atoms with Crippen LogP contribution in [0.3, 0.4) is 0 Å². The van der Waals surface area contributed by atoms with E-state index in [1.807, 2.05) is 79.2 Å². The highest BCUT2D eigenvalue weighted by Gasteiger charge is 2.16. The van der Waals surface area contributed by atoms with Crippen LogP contribution >= 0.6 is 22.7 Å². The lowest BCUT2D eigenvalue weighted by atomic mass is 10.2. The highest BCUT2D eigenvalue weighted by atomic mass is 32.1. The third kappa shape index (κ3) is 4.20. The summed E-state index contributed by atoms with van der Waals surface area (Å²) in [6.45, 7) is 3.96. The Morgan fingerprint density at radius 2 is 1.94 bits per heavy atom. The molecule has 2 N–H and O–H groups in total. The molecule has 0 unspecified atom stereocenters. The molecule has 0 radical (unpaired) electrons. The highest BCUT2D eigenvalue weighted by molar-refractivity contribution is 7.20. The second-order valence-electron chi connectivity index (χ2n) is 7.43. The monoisotopic (exact) mass is 475 g/mol. The number of nitrogens with one attached hydrogen (secondary N) is 2. The predicted octanol–water partition coefficient (Wildman–Crippen LogP) is 6.14. The fourth-order valence-corrected chi connectivity index (χ4v) is 5.33. The topological polar surface area (TPSA) is 80.5 Å². The van der Waals surface area contributed by atoms with Crippen LogP contribution < -0.4 is 15.4 Å². The van der Waals surface area contributed by atoms with Crippen LogP contribution in [-0.4, -0.2) is 27.4 Å². The number of fused-ring (bicyclic) bond motifs is 1. The summed E-state index contributed by atoms with van der Waals surface area (Å²) in [4.78, 5) is 23.5. The summed E-state index contributed by atoms with van der Waals surface area (Å²) in [5, 5.41) is 7.89. The van der Waals surface area contributed by atoms with Crippen molar-refractivity contribution < 1.29 is 9.53 Å². The van der Waals surface area contributed by atoms with Gasteiger partial charge < -0.3 is 15.4 Å². The van der Waals surface area contributed by atoms with Crippen LogP contribution in [-0.2, 0) is 0 Å². The zero-order valence-corrected chi connectivity index (χ0v) is 19.9. The van der Waals surface area contributed by atoms with Gasteiger partial charge in [0.05, 0.1) is 33.3 Å². The Labute approximate surface area is 198 Å². The second kappa shape index (κ2) is 8.68. The summed E-state index contributed by atoms with van der Waals surface area (Å²) in [5.74, 6) is 0.643. The lowest BCUT2D eigenvalue weighted by molar-refractivity contribution is 0.103. The molecule has 7 nitrogen and oxygen atoms in total. The Morgan fingerprint density at radius 1 is 1.09 bits per heavy atom. The van der Waals surface area contributed by atoms with Crippen LogP contribution in [0.4, 0.5) is 15.8 Å². The standard InChI is InChI=1S/C24H21N5O2S2/c1-14-6-4-5-7-17(14)27-23(30)18-8-9-21(32-18)28-24-25-13-19(33-24)22-15(2)26-20-12-16(31-3)10-11-29(20)22/h4-13H,1-3H3,(H,25,28)(H,27,30). The minimum atomic E-state index is -0.126. The molecule has 0 aliphatic carbocycles. The van der Waals surface area contributed by atoms with Gasteiger partial charge in [-0.3, -0.25) is 9.20 Å². The van der Waals surface area contributed by atoms with Gasteiger partial charge in [0.2, 0.25) is 0 Å². The quantitative estimate of drug-likeness (QED) is 0.308. The van der Waals surface area contributed by atoms with E-state index < -0.39 is 0 Å². The van der Waals surface area contributed by atoms with E-state index in [1.165, 1.54) is 22.7 Å². The van der Waals surface area contributed by atoms with E-state index in [-0.39, 0.29) is 5.91 Å². The number of para-hydroxylation sites is 1. The molecule has 0 spiro atoms. The van der Waals surface area contributed by atoms with Gasteiger partial charge in [-0.1, -0.05) is 29.5 Å². The summed E-state index contributed by atoms with van der Waals surface area (Å²) in [6.07, 6.45) is 3.79. The number of aryl methyl sites for hydroxylation is 2. The Bertz CT molecular complexity index is 1470. The Hall–Kier alpha value is -3.69. The average Bonchev–Trinajstić information content (AvgIpc) is 3.53. The maximum absolute atomic E-state index is 12.6. The summed E-state index contributed by atoms with van der Waals surface area (Å²) in [5.41, 5.74) is 4.59. The van der Waals surface area contributed by atoms with Crippen molar-refractivity contribution >= 4 is 50.0 Å². The molecule has 5 aromatic rings. The molecular formula is C24H21N5O2S2. The zero-order chi connectivity index (χ0) is 22.9. The van der Waals surface area contributed by atoms with Gasteiger partial charge in [-0.2, -0.15) is 0 Å². The molecule has 5 rings (SSSR count). The van der Waals surface area contributed by atoms with Gasteiger partial charge in [-0.05, 0) is 43.7 Å². The number of nitrogens with zero attached hydrogens (tertiary/aromatic N) is 3. The molecule has 1 aromatic carbocycles. The fourth-order valence-electron chi connectivity index (χ4n) is 3.54. The number of imidazole rings is 1. The van der Waals surface area contributed by atoms with Gasteiger partial charge in [0.25, 0.3) is 5.91 Å². The molecule has 0 aliphatic rings. The van der Waals surface area contributed by atoms with E-state index in [2.05, 4.69) is 20.6 Å². The Morgan fingerprint density at radius 3 is 2.76 bits per heavy atom. The largest absolute Gasteiger partial charge is 0.497 e. The van der Waals surface area contributed by atoms with Gasteiger partial charge in [0.15, 0.2) is 5.13 Å². The number of methoxy groups -OCH3 is 1.